The van der Waals surface area contributed by atoms with E-state index in [1.165, 1.54) is 0 Å². The Labute approximate surface area is 131 Å². The summed E-state index contributed by atoms with van der Waals surface area (Å²) in [6.45, 7) is 5.23. The molecule has 1 aromatic carbocycles. The molecule has 1 aromatic rings. The summed E-state index contributed by atoms with van der Waals surface area (Å²) in [6, 6.07) is 5.16. The van der Waals surface area contributed by atoms with Gasteiger partial charge in [-0.15, -0.1) is 0 Å². The third kappa shape index (κ3) is 2.16. The highest BCUT2D eigenvalue weighted by Gasteiger charge is 2.56. The maximum Gasteiger partial charge on any atom is 0.243 e. The van der Waals surface area contributed by atoms with Gasteiger partial charge in [-0.3, -0.25) is 0 Å². The van der Waals surface area contributed by atoms with Gasteiger partial charge in [0.15, 0.2) is 0 Å². The average Bonchev–Trinajstić information content (AvgIpc) is 3.29. The molecule has 4 rings (SSSR count). The summed E-state index contributed by atoms with van der Waals surface area (Å²) in [5, 5.41) is 0. The SMILES string of the molecule is CC1(C)Oc2ccc(S(=O)(=O)N3CCCCC3)cc2[C@H]2O[C@H]21. The predicted octanol–water partition coefficient (Wildman–Crippen LogP) is 2.47. The fraction of sp³-hybridized carbons (Fsp3) is 0.625. The molecule has 0 aliphatic carbocycles. The largest absolute Gasteiger partial charge is 0.485 e. The molecule has 0 saturated carbocycles. The number of piperidine rings is 1. The van der Waals surface area contributed by atoms with E-state index in [2.05, 4.69) is 0 Å². The fourth-order valence-electron chi connectivity index (χ4n) is 3.48. The molecule has 3 heterocycles. The van der Waals surface area contributed by atoms with Crippen LogP contribution in [0.1, 0.15) is 44.8 Å². The Kier molecular flexibility index (Phi) is 3.09. The van der Waals surface area contributed by atoms with Gasteiger partial charge in [0.1, 0.15) is 23.6 Å². The molecule has 3 aliphatic rings. The highest BCUT2D eigenvalue weighted by molar-refractivity contribution is 7.89. The first-order valence-electron chi connectivity index (χ1n) is 7.88. The molecule has 0 radical (unpaired) electrons. The lowest BCUT2D eigenvalue weighted by Gasteiger charge is -2.30. The minimum atomic E-state index is -3.41. The molecule has 0 amide bonds. The molecular formula is C16H21NO4S. The smallest absolute Gasteiger partial charge is 0.243 e. The van der Waals surface area contributed by atoms with Crippen LogP contribution in [0, 0.1) is 0 Å². The minimum absolute atomic E-state index is 0.0212. The summed E-state index contributed by atoms with van der Waals surface area (Å²) in [6.07, 6.45) is 2.98. The number of epoxide rings is 1. The Hall–Kier alpha value is -1.11. The summed E-state index contributed by atoms with van der Waals surface area (Å²) >= 11 is 0. The van der Waals surface area contributed by atoms with Gasteiger partial charge in [0.2, 0.25) is 10.0 Å². The zero-order chi connectivity index (χ0) is 15.5. The minimum Gasteiger partial charge on any atom is -0.485 e. The summed E-state index contributed by atoms with van der Waals surface area (Å²) in [4.78, 5) is 0.353. The second-order valence-electron chi connectivity index (χ2n) is 6.85. The second kappa shape index (κ2) is 4.69. The molecule has 0 unspecified atom stereocenters. The molecule has 0 aromatic heterocycles. The van der Waals surface area contributed by atoms with Crippen molar-refractivity contribution in [1.29, 1.82) is 0 Å². The molecule has 5 nitrogen and oxygen atoms in total. The summed E-state index contributed by atoms with van der Waals surface area (Å²) in [5.74, 6) is 0.737. The molecular weight excluding hydrogens is 302 g/mol. The summed E-state index contributed by atoms with van der Waals surface area (Å²) in [5.41, 5.74) is 0.507. The molecule has 0 bridgehead atoms. The summed E-state index contributed by atoms with van der Waals surface area (Å²) in [7, 11) is -3.41. The fourth-order valence-corrected chi connectivity index (χ4v) is 5.03. The Bertz CT molecular complexity index is 707. The maximum absolute atomic E-state index is 12.8. The molecule has 2 atom stereocenters. The van der Waals surface area contributed by atoms with Gasteiger partial charge in [0.25, 0.3) is 0 Å². The lowest BCUT2D eigenvalue weighted by Crippen LogP contribution is -2.38. The van der Waals surface area contributed by atoms with Crippen LogP contribution in [0.25, 0.3) is 0 Å². The Morgan fingerprint density at radius 1 is 1.18 bits per heavy atom. The predicted molar refractivity (Wildman–Crippen MR) is 81.4 cm³/mol. The first-order chi connectivity index (χ1) is 10.4. The van der Waals surface area contributed by atoms with E-state index < -0.39 is 10.0 Å². The molecule has 2 fully saturated rings. The number of rotatable bonds is 2. The molecule has 3 aliphatic heterocycles. The van der Waals surface area contributed by atoms with Crippen molar-refractivity contribution in [2.24, 2.45) is 0 Å². The van der Waals surface area contributed by atoms with Gasteiger partial charge in [-0.05, 0) is 44.9 Å². The van der Waals surface area contributed by atoms with E-state index in [-0.39, 0.29) is 17.8 Å². The highest BCUT2D eigenvalue weighted by atomic mass is 32.2. The van der Waals surface area contributed by atoms with Gasteiger partial charge in [-0.2, -0.15) is 4.31 Å². The molecule has 120 valence electrons. The van der Waals surface area contributed by atoms with Crippen molar-refractivity contribution in [3.05, 3.63) is 23.8 Å². The number of sulfonamides is 1. The van der Waals surface area contributed by atoms with Crippen LogP contribution >= 0.6 is 0 Å². The van der Waals surface area contributed by atoms with Crippen LogP contribution in [-0.2, 0) is 14.8 Å². The van der Waals surface area contributed by atoms with Crippen LogP contribution < -0.4 is 4.74 Å². The monoisotopic (exact) mass is 323 g/mol. The zero-order valence-electron chi connectivity index (χ0n) is 12.9. The first kappa shape index (κ1) is 14.5. The maximum atomic E-state index is 12.8. The number of benzene rings is 1. The lowest BCUT2D eigenvalue weighted by atomic mass is 9.94. The highest BCUT2D eigenvalue weighted by Crippen LogP contribution is 2.54. The Morgan fingerprint density at radius 3 is 2.64 bits per heavy atom. The van der Waals surface area contributed by atoms with E-state index in [4.69, 9.17) is 9.47 Å². The van der Waals surface area contributed by atoms with Crippen molar-refractivity contribution in [1.82, 2.24) is 4.31 Å². The van der Waals surface area contributed by atoms with Crippen molar-refractivity contribution in [3.63, 3.8) is 0 Å². The quantitative estimate of drug-likeness (QED) is 0.785. The number of hydrogen-bond acceptors (Lipinski definition) is 4. The molecule has 0 spiro atoms. The Morgan fingerprint density at radius 2 is 1.91 bits per heavy atom. The van der Waals surface area contributed by atoms with Crippen molar-refractivity contribution < 1.29 is 17.9 Å². The van der Waals surface area contributed by atoms with Crippen LogP contribution in [-0.4, -0.2) is 37.5 Å². The van der Waals surface area contributed by atoms with Crippen molar-refractivity contribution in [3.8, 4) is 5.75 Å². The number of nitrogens with zero attached hydrogens (tertiary/aromatic N) is 1. The van der Waals surface area contributed by atoms with E-state index in [1.54, 1.807) is 22.5 Å². The lowest BCUT2D eigenvalue weighted by molar-refractivity contribution is 0.0724. The van der Waals surface area contributed by atoms with Crippen molar-refractivity contribution in [2.45, 2.75) is 55.8 Å². The standard InChI is InChI=1S/C16H21NO4S/c1-16(2)15-14(20-15)12-10-11(6-7-13(12)21-16)22(18,19)17-8-4-3-5-9-17/h6-7,10,14-15H,3-5,8-9H2,1-2H3/t14-,15-/m1/s1. The van der Waals surface area contributed by atoms with E-state index in [0.29, 0.717) is 18.0 Å². The number of fused-ring (bicyclic) bond motifs is 3. The van der Waals surface area contributed by atoms with Crippen molar-refractivity contribution >= 4 is 10.0 Å². The third-order valence-electron chi connectivity index (χ3n) is 4.79. The van der Waals surface area contributed by atoms with E-state index in [1.807, 2.05) is 13.8 Å². The topological polar surface area (TPSA) is 59.1 Å². The zero-order valence-corrected chi connectivity index (χ0v) is 13.7. The van der Waals surface area contributed by atoms with Crippen LogP contribution in [0.5, 0.6) is 5.75 Å². The molecule has 6 heteroatoms. The molecule has 2 saturated heterocycles. The third-order valence-corrected chi connectivity index (χ3v) is 6.68. The van der Waals surface area contributed by atoms with E-state index in [0.717, 1.165) is 30.6 Å². The van der Waals surface area contributed by atoms with Gasteiger partial charge < -0.3 is 9.47 Å². The van der Waals surface area contributed by atoms with Crippen LogP contribution in [0.15, 0.2) is 23.1 Å². The average molecular weight is 323 g/mol. The molecule has 0 N–H and O–H groups in total. The van der Waals surface area contributed by atoms with Gasteiger partial charge >= 0.3 is 0 Å². The molecule has 22 heavy (non-hydrogen) atoms. The van der Waals surface area contributed by atoms with Gasteiger partial charge in [-0.25, -0.2) is 8.42 Å². The second-order valence-corrected chi connectivity index (χ2v) is 8.79. The van der Waals surface area contributed by atoms with Crippen LogP contribution in [0.3, 0.4) is 0 Å². The Balaban J connectivity index is 1.69. The van der Waals surface area contributed by atoms with Gasteiger partial charge in [0.05, 0.1) is 4.90 Å². The first-order valence-corrected chi connectivity index (χ1v) is 9.32. The van der Waals surface area contributed by atoms with Gasteiger partial charge in [0, 0.05) is 18.7 Å². The summed E-state index contributed by atoms with van der Waals surface area (Å²) < 4.78 is 38.8. The number of hydrogen-bond donors (Lipinski definition) is 0. The van der Waals surface area contributed by atoms with Crippen LogP contribution in [0.4, 0.5) is 0 Å². The normalized spacial score (nSPS) is 30.1. The van der Waals surface area contributed by atoms with Crippen LogP contribution in [0.2, 0.25) is 0 Å². The van der Waals surface area contributed by atoms with E-state index in [9.17, 15) is 8.42 Å². The number of ether oxygens (including phenoxy) is 2. The van der Waals surface area contributed by atoms with Gasteiger partial charge in [-0.1, -0.05) is 6.42 Å². The van der Waals surface area contributed by atoms with E-state index >= 15 is 0 Å². The van der Waals surface area contributed by atoms with Crippen molar-refractivity contribution in [2.75, 3.05) is 13.1 Å².